The van der Waals surface area contributed by atoms with Gasteiger partial charge in [0.05, 0.1) is 6.54 Å². The Morgan fingerprint density at radius 2 is 2.10 bits per heavy atom. The molecule has 1 aromatic heterocycles. The quantitative estimate of drug-likeness (QED) is 0.741. The molecular formula is C14H16N2O4. The number of rotatable bonds is 6. The fraction of sp³-hybridized carbons (Fsp3) is 0.286. The van der Waals surface area contributed by atoms with E-state index in [2.05, 4.69) is 10.6 Å². The maximum atomic E-state index is 11.3. The third-order valence-corrected chi connectivity index (χ3v) is 2.78. The van der Waals surface area contributed by atoms with Crippen molar-refractivity contribution < 1.29 is 19.1 Å². The molecule has 6 heteroatoms. The second-order valence-corrected chi connectivity index (χ2v) is 4.35. The summed E-state index contributed by atoms with van der Waals surface area (Å²) in [6, 6.07) is 6.90. The number of benzene rings is 1. The molecule has 0 aliphatic carbocycles. The lowest BCUT2D eigenvalue weighted by atomic mass is 10.1. The third kappa shape index (κ3) is 3.36. The van der Waals surface area contributed by atoms with Crippen LogP contribution in [0.2, 0.25) is 0 Å². The molecule has 0 bridgehead atoms. The van der Waals surface area contributed by atoms with Crippen LogP contribution in [0.5, 0.6) is 0 Å². The highest BCUT2D eigenvalue weighted by Gasteiger charge is 2.10. The number of carbonyl (C=O) groups excluding carboxylic acids is 1. The summed E-state index contributed by atoms with van der Waals surface area (Å²) in [5.41, 5.74) is 1.49. The molecule has 6 nitrogen and oxygen atoms in total. The summed E-state index contributed by atoms with van der Waals surface area (Å²) in [6.07, 6.45) is 0. The van der Waals surface area contributed by atoms with Crippen molar-refractivity contribution in [1.29, 1.82) is 0 Å². The number of hydrogen-bond acceptors (Lipinski definition) is 4. The van der Waals surface area contributed by atoms with Crippen LogP contribution in [0.4, 0.5) is 0 Å². The molecule has 0 atom stereocenters. The minimum Gasteiger partial charge on any atom is -0.475 e. The number of nitrogens with one attached hydrogen (secondary N) is 2. The van der Waals surface area contributed by atoms with Crippen molar-refractivity contribution >= 4 is 22.8 Å². The van der Waals surface area contributed by atoms with E-state index in [-0.39, 0.29) is 18.2 Å². The van der Waals surface area contributed by atoms with Crippen LogP contribution in [0.15, 0.2) is 28.7 Å². The van der Waals surface area contributed by atoms with Crippen molar-refractivity contribution in [3.8, 4) is 0 Å². The molecule has 0 spiro atoms. The Morgan fingerprint density at radius 3 is 2.80 bits per heavy atom. The van der Waals surface area contributed by atoms with E-state index in [1.165, 1.54) is 6.07 Å². The smallest absolute Gasteiger partial charge is 0.371 e. The minimum atomic E-state index is -1.09. The lowest BCUT2D eigenvalue weighted by molar-refractivity contribution is -0.120. The van der Waals surface area contributed by atoms with Crippen molar-refractivity contribution in [2.24, 2.45) is 0 Å². The third-order valence-electron chi connectivity index (χ3n) is 2.78. The summed E-state index contributed by atoms with van der Waals surface area (Å²) in [5.74, 6) is -1.21. The normalized spacial score (nSPS) is 10.7. The van der Waals surface area contributed by atoms with Crippen LogP contribution in [0.25, 0.3) is 11.0 Å². The van der Waals surface area contributed by atoms with Crippen molar-refractivity contribution in [2.75, 3.05) is 13.1 Å². The highest BCUT2D eigenvalue weighted by Crippen LogP contribution is 2.20. The van der Waals surface area contributed by atoms with Gasteiger partial charge in [0.1, 0.15) is 5.58 Å². The van der Waals surface area contributed by atoms with Crippen LogP contribution < -0.4 is 10.6 Å². The highest BCUT2D eigenvalue weighted by atomic mass is 16.4. The van der Waals surface area contributed by atoms with Crippen molar-refractivity contribution in [3.63, 3.8) is 0 Å². The summed E-state index contributed by atoms with van der Waals surface area (Å²) in [4.78, 5) is 22.1. The largest absolute Gasteiger partial charge is 0.475 e. The molecule has 20 heavy (non-hydrogen) atoms. The van der Waals surface area contributed by atoms with Gasteiger partial charge in [0.25, 0.3) is 0 Å². The van der Waals surface area contributed by atoms with Gasteiger partial charge in [-0.15, -0.1) is 0 Å². The first kappa shape index (κ1) is 14.1. The molecule has 0 aliphatic heterocycles. The molecule has 0 saturated heterocycles. The Kier molecular flexibility index (Phi) is 4.37. The summed E-state index contributed by atoms with van der Waals surface area (Å²) >= 11 is 0. The summed E-state index contributed by atoms with van der Waals surface area (Å²) < 4.78 is 5.18. The number of furan rings is 1. The van der Waals surface area contributed by atoms with E-state index in [1.54, 1.807) is 6.07 Å². The van der Waals surface area contributed by atoms with Gasteiger partial charge in [-0.3, -0.25) is 4.79 Å². The number of likely N-dealkylation sites (N-methyl/N-ethyl adjacent to an activating group) is 1. The van der Waals surface area contributed by atoms with Gasteiger partial charge in [-0.2, -0.15) is 0 Å². The van der Waals surface area contributed by atoms with Gasteiger partial charge < -0.3 is 20.2 Å². The molecule has 3 N–H and O–H groups in total. The van der Waals surface area contributed by atoms with Gasteiger partial charge in [-0.25, -0.2) is 4.79 Å². The van der Waals surface area contributed by atoms with Crippen LogP contribution in [0, 0.1) is 0 Å². The van der Waals surface area contributed by atoms with E-state index in [4.69, 9.17) is 9.52 Å². The molecule has 2 aromatic rings. The van der Waals surface area contributed by atoms with E-state index in [1.807, 2.05) is 19.1 Å². The van der Waals surface area contributed by atoms with Crippen molar-refractivity contribution in [1.82, 2.24) is 10.6 Å². The van der Waals surface area contributed by atoms with Gasteiger partial charge >= 0.3 is 5.97 Å². The number of carboxylic acid groups (broad SMARTS) is 1. The van der Waals surface area contributed by atoms with Crippen LogP contribution in [-0.4, -0.2) is 30.1 Å². The Labute approximate surface area is 115 Å². The number of hydrogen-bond donors (Lipinski definition) is 3. The second-order valence-electron chi connectivity index (χ2n) is 4.35. The van der Waals surface area contributed by atoms with E-state index in [0.29, 0.717) is 18.7 Å². The number of fused-ring (bicyclic) bond motifs is 1. The number of carboxylic acids is 1. The van der Waals surface area contributed by atoms with Gasteiger partial charge in [-0.1, -0.05) is 6.07 Å². The summed E-state index contributed by atoms with van der Waals surface area (Å²) in [7, 11) is 0. The molecule has 1 aromatic carbocycles. The molecule has 0 fully saturated rings. The van der Waals surface area contributed by atoms with Crippen molar-refractivity contribution in [2.45, 2.75) is 13.5 Å². The molecule has 0 unspecified atom stereocenters. The first-order valence-corrected chi connectivity index (χ1v) is 6.33. The van der Waals surface area contributed by atoms with Gasteiger partial charge in [0.2, 0.25) is 11.7 Å². The second kappa shape index (κ2) is 6.21. The Balaban J connectivity index is 2.00. The summed E-state index contributed by atoms with van der Waals surface area (Å²) in [6.45, 7) is 3.25. The number of aromatic carboxylic acids is 1. The Morgan fingerprint density at radius 1 is 1.30 bits per heavy atom. The molecule has 0 aliphatic rings. The average molecular weight is 276 g/mol. The van der Waals surface area contributed by atoms with E-state index in [0.717, 1.165) is 10.9 Å². The number of carbonyl (C=O) groups is 2. The lowest BCUT2D eigenvalue weighted by Gasteiger charge is -2.05. The Hall–Kier alpha value is -2.34. The van der Waals surface area contributed by atoms with Crippen LogP contribution in [-0.2, 0) is 11.3 Å². The molecule has 0 radical (unpaired) electrons. The van der Waals surface area contributed by atoms with E-state index in [9.17, 15) is 9.59 Å². The molecule has 1 amide bonds. The SMILES string of the molecule is CCNC(=O)CNCc1ccc2oc(C(=O)O)cc2c1. The van der Waals surface area contributed by atoms with Crippen LogP contribution >= 0.6 is 0 Å². The molecule has 0 saturated carbocycles. The zero-order chi connectivity index (χ0) is 14.5. The summed E-state index contributed by atoms with van der Waals surface area (Å²) in [5, 5.41) is 15.3. The predicted octanol–water partition coefficient (Wildman–Crippen LogP) is 1.36. The lowest BCUT2D eigenvalue weighted by Crippen LogP contribution is -2.33. The van der Waals surface area contributed by atoms with Crippen LogP contribution in [0.3, 0.4) is 0 Å². The van der Waals surface area contributed by atoms with E-state index < -0.39 is 5.97 Å². The fourth-order valence-electron chi connectivity index (χ4n) is 1.89. The maximum Gasteiger partial charge on any atom is 0.371 e. The minimum absolute atomic E-state index is 0.0509. The van der Waals surface area contributed by atoms with E-state index >= 15 is 0 Å². The molecule has 1 heterocycles. The first-order valence-electron chi connectivity index (χ1n) is 6.33. The predicted molar refractivity (Wildman–Crippen MR) is 73.6 cm³/mol. The number of amides is 1. The van der Waals surface area contributed by atoms with Gasteiger partial charge in [-0.05, 0) is 30.7 Å². The standard InChI is InChI=1S/C14H16N2O4/c1-2-16-13(17)8-15-7-9-3-4-11-10(5-9)6-12(20-11)14(18)19/h3-6,15H,2,7-8H2,1H3,(H,16,17)(H,18,19). The molecule has 2 rings (SSSR count). The zero-order valence-corrected chi connectivity index (χ0v) is 11.1. The monoisotopic (exact) mass is 276 g/mol. The maximum absolute atomic E-state index is 11.3. The topological polar surface area (TPSA) is 91.6 Å². The van der Waals surface area contributed by atoms with Crippen LogP contribution in [0.1, 0.15) is 23.0 Å². The van der Waals surface area contributed by atoms with Gasteiger partial charge in [0.15, 0.2) is 0 Å². The fourth-order valence-corrected chi connectivity index (χ4v) is 1.89. The molecular weight excluding hydrogens is 260 g/mol. The first-order chi connectivity index (χ1) is 9.60. The molecule has 106 valence electrons. The van der Waals surface area contributed by atoms with Gasteiger partial charge in [0, 0.05) is 18.5 Å². The highest BCUT2D eigenvalue weighted by molar-refractivity contribution is 5.91. The average Bonchev–Trinajstić information content (AvgIpc) is 2.82. The zero-order valence-electron chi connectivity index (χ0n) is 11.1. The Bertz CT molecular complexity index is 633. The van der Waals surface area contributed by atoms with Crippen molar-refractivity contribution in [3.05, 3.63) is 35.6 Å².